The van der Waals surface area contributed by atoms with Crippen LogP contribution in [0.4, 0.5) is 4.79 Å². The fourth-order valence-electron chi connectivity index (χ4n) is 2.72. The second kappa shape index (κ2) is 14.8. The van der Waals surface area contributed by atoms with Gasteiger partial charge in [0.1, 0.15) is 13.0 Å². The van der Waals surface area contributed by atoms with Crippen LogP contribution in [-0.4, -0.2) is 64.2 Å². The van der Waals surface area contributed by atoms with Crippen molar-refractivity contribution in [2.45, 2.75) is 19.0 Å². The predicted octanol–water partition coefficient (Wildman–Crippen LogP) is 0.922. The van der Waals surface area contributed by atoms with Crippen molar-refractivity contribution in [2.75, 3.05) is 13.3 Å². The molecule has 0 saturated heterocycles. The number of thiocarbonyl (C=S) groups is 1. The van der Waals surface area contributed by atoms with E-state index in [9.17, 15) is 24.0 Å². The molecule has 2 aromatic rings. The SMILES string of the molecule is [NH3+][C@@H](CC(=O)O)C(=O)NCC(=O)OCN(C(=O)NCc1ccc(Cl)cc1)C(=S)NC(=O)c1ccc(Cl)cc1. The highest BCUT2D eigenvalue weighted by Gasteiger charge is 2.24. The molecule has 0 aromatic heterocycles. The first-order chi connectivity index (χ1) is 18.0. The number of benzene rings is 2. The second-order valence-corrected chi connectivity index (χ2v) is 8.90. The van der Waals surface area contributed by atoms with Crippen molar-refractivity contribution in [3.8, 4) is 0 Å². The van der Waals surface area contributed by atoms with Crippen molar-refractivity contribution < 1.29 is 39.5 Å². The van der Waals surface area contributed by atoms with Crippen molar-refractivity contribution in [1.29, 1.82) is 0 Å². The van der Waals surface area contributed by atoms with Crippen molar-refractivity contribution >= 4 is 70.3 Å². The van der Waals surface area contributed by atoms with Crippen molar-refractivity contribution in [3.05, 3.63) is 69.7 Å². The Bertz CT molecular complexity index is 1200. The van der Waals surface area contributed by atoms with Gasteiger partial charge < -0.3 is 26.2 Å². The van der Waals surface area contributed by atoms with Gasteiger partial charge in [0.15, 0.2) is 17.9 Å². The molecular formula is C23H24Cl2N5O7S+. The molecule has 0 aliphatic rings. The molecule has 0 aliphatic carbocycles. The summed E-state index contributed by atoms with van der Waals surface area (Å²) in [5.74, 6) is -3.59. The predicted molar refractivity (Wildman–Crippen MR) is 140 cm³/mol. The summed E-state index contributed by atoms with van der Waals surface area (Å²) in [5, 5.41) is 16.5. The molecule has 0 heterocycles. The van der Waals surface area contributed by atoms with Gasteiger partial charge in [0.25, 0.3) is 11.8 Å². The lowest BCUT2D eigenvalue weighted by molar-refractivity contribution is -0.403. The Hall–Kier alpha value is -3.78. The number of amides is 4. The quantitative estimate of drug-likeness (QED) is 0.155. The number of urea groups is 1. The standard InChI is InChI=1S/C23H23Cl2N5O7S/c24-15-5-1-13(2-6-15)10-28-22(36)30(23(38)29-20(34)14-3-7-16(25)8-4-14)12-37-19(33)11-27-21(35)17(26)9-18(31)32/h1-8,17H,9-12,26H2,(H,27,35)(H,28,36)(H,31,32)(H,29,34,38)/p+1/t17-/m0/s1. The molecule has 4 amide bonds. The Labute approximate surface area is 232 Å². The molecule has 0 aliphatic heterocycles. The Morgan fingerprint density at radius 2 is 1.55 bits per heavy atom. The fraction of sp³-hybridized carbons (Fsp3) is 0.217. The minimum Gasteiger partial charge on any atom is -0.481 e. The minimum absolute atomic E-state index is 0.0682. The van der Waals surface area contributed by atoms with Gasteiger partial charge in [-0.05, 0) is 54.2 Å². The third-order valence-corrected chi connectivity index (χ3v) is 5.55. The highest BCUT2D eigenvalue weighted by molar-refractivity contribution is 7.80. The highest BCUT2D eigenvalue weighted by atomic mass is 35.5. The van der Waals surface area contributed by atoms with Gasteiger partial charge >= 0.3 is 18.0 Å². The number of hydrogen-bond donors (Lipinski definition) is 5. The van der Waals surface area contributed by atoms with Crippen LogP contribution in [0.15, 0.2) is 48.5 Å². The lowest BCUT2D eigenvalue weighted by Gasteiger charge is -2.23. The number of carbonyl (C=O) groups excluding carboxylic acids is 4. The molecule has 0 spiro atoms. The second-order valence-electron chi connectivity index (χ2n) is 7.64. The minimum atomic E-state index is -1.22. The van der Waals surface area contributed by atoms with Gasteiger partial charge in [-0.3, -0.25) is 24.5 Å². The Balaban J connectivity index is 2.03. The summed E-state index contributed by atoms with van der Waals surface area (Å²) in [4.78, 5) is 60.9. The summed E-state index contributed by atoms with van der Waals surface area (Å²) < 4.78 is 5.03. The molecule has 0 radical (unpaired) electrons. The van der Waals surface area contributed by atoms with E-state index in [0.29, 0.717) is 15.6 Å². The van der Waals surface area contributed by atoms with E-state index >= 15 is 0 Å². The molecule has 12 nitrogen and oxygen atoms in total. The fourth-order valence-corrected chi connectivity index (χ4v) is 3.20. The zero-order chi connectivity index (χ0) is 28.2. The third-order valence-electron chi connectivity index (χ3n) is 4.73. The van der Waals surface area contributed by atoms with Crippen molar-refractivity contribution in [3.63, 3.8) is 0 Å². The van der Waals surface area contributed by atoms with E-state index in [1.165, 1.54) is 24.3 Å². The summed E-state index contributed by atoms with van der Waals surface area (Å²) >= 11 is 16.9. The smallest absolute Gasteiger partial charge is 0.327 e. The zero-order valence-electron chi connectivity index (χ0n) is 19.7. The van der Waals surface area contributed by atoms with Crippen LogP contribution in [0.2, 0.25) is 10.0 Å². The number of carboxylic acid groups (broad SMARTS) is 1. The van der Waals surface area contributed by atoms with E-state index in [4.69, 9.17) is 45.3 Å². The van der Waals surface area contributed by atoms with Crippen molar-refractivity contribution in [1.82, 2.24) is 20.9 Å². The molecular weight excluding hydrogens is 561 g/mol. The van der Waals surface area contributed by atoms with Crippen molar-refractivity contribution in [2.24, 2.45) is 0 Å². The number of carbonyl (C=O) groups is 5. The van der Waals surface area contributed by atoms with Gasteiger partial charge in [-0.1, -0.05) is 35.3 Å². The average molecular weight is 585 g/mol. The first-order valence-electron chi connectivity index (χ1n) is 10.8. The summed E-state index contributed by atoms with van der Waals surface area (Å²) in [6, 6.07) is 10.7. The number of halogens is 2. The van der Waals surface area contributed by atoms with Gasteiger partial charge in [0.05, 0.1) is 0 Å². The number of esters is 1. The molecule has 7 N–H and O–H groups in total. The number of aliphatic carboxylic acids is 1. The monoisotopic (exact) mass is 584 g/mol. The van der Waals surface area contributed by atoms with Crippen LogP contribution >= 0.6 is 35.4 Å². The maximum atomic E-state index is 12.9. The normalized spacial score (nSPS) is 11.0. The van der Waals surface area contributed by atoms with E-state index < -0.39 is 55.5 Å². The number of carboxylic acids is 1. The van der Waals surface area contributed by atoms with E-state index in [2.05, 4.69) is 21.7 Å². The van der Waals surface area contributed by atoms with Gasteiger partial charge in [-0.2, -0.15) is 0 Å². The average Bonchev–Trinajstić information content (AvgIpc) is 2.86. The van der Waals surface area contributed by atoms with Crippen LogP contribution in [0.1, 0.15) is 22.3 Å². The molecule has 38 heavy (non-hydrogen) atoms. The summed E-state index contributed by atoms with van der Waals surface area (Å²) in [6.45, 7) is -1.25. The molecule has 0 saturated carbocycles. The number of nitrogens with one attached hydrogen (secondary N) is 3. The van der Waals surface area contributed by atoms with E-state index in [0.717, 1.165) is 4.90 Å². The molecule has 0 bridgehead atoms. The zero-order valence-corrected chi connectivity index (χ0v) is 22.1. The number of rotatable bonds is 10. The van der Waals surface area contributed by atoms with Crippen LogP contribution in [0, 0.1) is 0 Å². The lowest BCUT2D eigenvalue weighted by Crippen LogP contribution is -2.68. The molecule has 0 fully saturated rings. The number of nitrogens with zero attached hydrogens (tertiary/aromatic N) is 1. The topological polar surface area (TPSA) is 182 Å². The first-order valence-corrected chi connectivity index (χ1v) is 12.0. The Kier molecular flexibility index (Phi) is 11.9. The highest BCUT2D eigenvalue weighted by Crippen LogP contribution is 2.11. The number of ether oxygens (including phenoxy) is 1. The summed E-state index contributed by atoms with van der Waals surface area (Å²) in [5.41, 5.74) is 4.33. The first kappa shape index (κ1) is 30.4. The molecule has 0 unspecified atom stereocenters. The summed E-state index contributed by atoms with van der Waals surface area (Å²) in [7, 11) is 0. The van der Waals surface area contributed by atoms with Gasteiger partial charge in [-0.15, -0.1) is 0 Å². The van der Waals surface area contributed by atoms with Crippen LogP contribution in [0.3, 0.4) is 0 Å². The van der Waals surface area contributed by atoms with E-state index in [1.54, 1.807) is 24.3 Å². The van der Waals surface area contributed by atoms with Gasteiger partial charge in [0.2, 0.25) is 0 Å². The van der Waals surface area contributed by atoms with Crippen LogP contribution < -0.4 is 21.7 Å². The Morgan fingerprint density at radius 1 is 0.974 bits per heavy atom. The molecule has 202 valence electrons. The van der Waals surface area contributed by atoms with Gasteiger partial charge in [-0.25, -0.2) is 9.69 Å². The molecule has 2 aromatic carbocycles. The van der Waals surface area contributed by atoms with Crippen LogP contribution in [-0.2, 0) is 25.7 Å². The van der Waals surface area contributed by atoms with Crippen LogP contribution in [0.5, 0.6) is 0 Å². The van der Waals surface area contributed by atoms with Gasteiger partial charge in [0, 0.05) is 22.2 Å². The summed E-state index contributed by atoms with van der Waals surface area (Å²) in [6.07, 6.45) is -0.524. The maximum absolute atomic E-state index is 12.9. The molecule has 1 atom stereocenters. The largest absolute Gasteiger partial charge is 0.481 e. The number of quaternary nitrogens is 1. The third kappa shape index (κ3) is 10.3. The Morgan fingerprint density at radius 3 is 2.13 bits per heavy atom. The van der Waals surface area contributed by atoms with Crippen LogP contribution in [0.25, 0.3) is 0 Å². The molecule has 15 heteroatoms. The molecule has 2 rings (SSSR count). The lowest BCUT2D eigenvalue weighted by atomic mass is 10.2. The van der Waals surface area contributed by atoms with E-state index in [1.807, 2.05) is 0 Å². The van der Waals surface area contributed by atoms with E-state index in [-0.39, 0.29) is 17.2 Å². The maximum Gasteiger partial charge on any atom is 0.327 e. The number of hydrogen-bond acceptors (Lipinski definition) is 7.